The minimum Gasteiger partial charge on any atom is -0.496 e. The molecule has 0 spiro atoms. The van der Waals surface area contributed by atoms with Crippen molar-refractivity contribution in [3.05, 3.63) is 54.1 Å². The van der Waals surface area contributed by atoms with Crippen molar-refractivity contribution in [3.63, 3.8) is 0 Å². The van der Waals surface area contributed by atoms with Crippen molar-refractivity contribution in [2.45, 2.75) is 19.8 Å². The second-order valence-corrected chi connectivity index (χ2v) is 7.15. The van der Waals surface area contributed by atoms with Crippen LogP contribution in [-0.4, -0.2) is 38.6 Å². The molecule has 0 saturated carbocycles. The Morgan fingerprint density at radius 3 is 2.43 bits per heavy atom. The lowest BCUT2D eigenvalue weighted by molar-refractivity contribution is -0.115. The minimum atomic E-state index is -0.345. The number of carbonyl (C=O) groups is 2. The summed E-state index contributed by atoms with van der Waals surface area (Å²) in [6.45, 7) is 4.33. The summed E-state index contributed by atoms with van der Waals surface area (Å²) in [6.07, 6.45) is 2.43. The second kappa shape index (κ2) is 9.26. The Hall–Kier alpha value is -3.02. The van der Waals surface area contributed by atoms with Gasteiger partial charge >= 0.3 is 0 Å². The Bertz CT molecular complexity index is 812. The number of carbonyl (C=O) groups excluding carboxylic acids is 2. The highest BCUT2D eigenvalue weighted by molar-refractivity contribution is 6.00. The molecule has 0 unspecified atom stereocenters. The average Bonchev–Trinajstić information content (AvgIpc) is 2.73. The lowest BCUT2D eigenvalue weighted by Crippen LogP contribution is -2.33. The van der Waals surface area contributed by atoms with E-state index in [-0.39, 0.29) is 18.4 Å². The second-order valence-electron chi connectivity index (χ2n) is 7.15. The summed E-state index contributed by atoms with van der Waals surface area (Å²) in [7, 11) is 1.51. The first-order valence-electron chi connectivity index (χ1n) is 9.63. The van der Waals surface area contributed by atoms with Gasteiger partial charge in [-0.15, -0.1) is 0 Å². The van der Waals surface area contributed by atoms with E-state index in [0.717, 1.165) is 19.0 Å². The molecule has 2 amide bonds. The number of para-hydroxylation sites is 1. The predicted octanol–water partition coefficient (Wildman–Crippen LogP) is 3.30. The number of rotatable bonds is 6. The third-order valence-electron chi connectivity index (χ3n) is 5.06. The summed E-state index contributed by atoms with van der Waals surface area (Å²) in [4.78, 5) is 26.8. The number of methoxy groups -OCH3 is 1. The zero-order valence-corrected chi connectivity index (χ0v) is 16.4. The van der Waals surface area contributed by atoms with Crippen LogP contribution in [0, 0.1) is 5.92 Å². The molecule has 148 valence electrons. The highest BCUT2D eigenvalue weighted by Crippen LogP contribution is 2.24. The first kappa shape index (κ1) is 19.7. The van der Waals surface area contributed by atoms with Crippen LogP contribution in [0.2, 0.25) is 0 Å². The zero-order chi connectivity index (χ0) is 19.9. The highest BCUT2D eigenvalue weighted by Gasteiger charge is 2.16. The Kier molecular flexibility index (Phi) is 6.53. The van der Waals surface area contributed by atoms with E-state index >= 15 is 0 Å². The van der Waals surface area contributed by atoms with E-state index in [0.29, 0.717) is 17.0 Å². The summed E-state index contributed by atoms with van der Waals surface area (Å²) in [5.41, 5.74) is 2.29. The number of hydrogen-bond donors (Lipinski definition) is 2. The molecule has 0 aromatic heterocycles. The fourth-order valence-electron chi connectivity index (χ4n) is 3.32. The van der Waals surface area contributed by atoms with Crippen molar-refractivity contribution in [3.8, 4) is 5.75 Å². The van der Waals surface area contributed by atoms with Crippen LogP contribution < -0.4 is 20.3 Å². The van der Waals surface area contributed by atoms with E-state index in [9.17, 15) is 9.59 Å². The van der Waals surface area contributed by atoms with Crippen molar-refractivity contribution >= 4 is 23.2 Å². The number of amides is 2. The first-order valence-corrected chi connectivity index (χ1v) is 9.63. The number of nitrogens with zero attached hydrogens (tertiary/aromatic N) is 1. The van der Waals surface area contributed by atoms with Gasteiger partial charge in [0.15, 0.2) is 0 Å². The third-order valence-corrected chi connectivity index (χ3v) is 5.06. The Balaban J connectivity index is 1.50. The molecule has 0 aliphatic carbocycles. The van der Waals surface area contributed by atoms with Gasteiger partial charge in [0.1, 0.15) is 5.75 Å². The zero-order valence-electron chi connectivity index (χ0n) is 16.4. The molecule has 1 saturated heterocycles. The molecule has 6 nitrogen and oxygen atoms in total. The Morgan fingerprint density at radius 2 is 1.75 bits per heavy atom. The van der Waals surface area contributed by atoms with E-state index in [2.05, 4.69) is 22.5 Å². The van der Waals surface area contributed by atoms with Crippen molar-refractivity contribution < 1.29 is 14.3 Å². The molecular weight excluding hydrogens is 354 g/mol. The number of benzene rings is 2. The molecule has 0 bridgehead atoms. The molecular formula is C22H27N3O3. The first-order chi connectivity index (χ1) is 13.6. The normalized spacial score (nSPS) is 14.4. The molecule has 6 heteroatoms. The van der Waals surface area contributed by atoms with Crippen molar-refractivity contribution in [1.82, 2.24) is 5.32 Å². The molecule has 2 aromatic carbocycles. The lowest BCUT2D eigenvalue weighted by Gasteiger charge is -2.32. The standard InChI is InChI=1S/C22H27N3O3/c1-16-11-13-25(14-12-16)18-9-7-17(8-10-18)24-21(26)15-23-22(27)19-5-3-4-6-20(19)28-2/h3-10,16H,11-15H2,1-2H3,(H,23,27)(H,24,26). The maximum Gasteiger partial charge on any atom is 0.255 e. The molecule has 2 aromatic rings. The van der Waals surface area contributed by atoms with Gasteiger partial charge < -0.3 is 20.3 Å². The molecule has 1 aliphatic rings. The molecule has 1 fully saturated rings. The molecule has 3 rings (SSSR count). The maximum absolute atomic E-state index is 12.2. The van der Waals surface area contributed by atoms with Gasteiger partial charge in [-0.25, -0.2) is 0 Å². The molecule has 0 radical (unpaired) electrons. The van der Waals surface area contributed by atoms with Crippen LogP contribution in [0.15, 0.2) is 48.5 Å². The predicted molar refractivity (Wildman–Crippen MR) is 111 cm³/mol. The van der Waals surface area contributed by atoms with Crippen LogP contribution in [0.25, 0.3) is 0 Å². The third kappa shape index (κ3) is 5.03. The summed E-state index contributed by atoms with van der Waals surface area (Å²) >= 11 is 0. The molecule has 2 N–H and O–H groups in total. The fourth-order valence-corrected chi connectivity index (χ4v) is 3.32. The van der Waals surface area contributed by atoms with Gasteiger partial charge in [0.2, 0.25) is 5.91 Å². The van der Waals surface area contributed by atoms with Crippen LogP contribution in [0.1, 0.15) is 30.1 Å². The Labute approximate surface area is 165 Å². The number of anilines is 2. The van der Waals surface area contributed by atoms with E-state index in [1.54, 1.807) is 24.3 Å². The van der Waals surface area contributed by atoms with Crippen molar-refractivity contribution in [2.24, 2.45) is 5.92 Å². The van der Waals surface area contributed by atoms with Gasteiger partial charge in [0.25, 0.3) is 5.91 Å². The Morgan fingerprint density at radius 1 is 1.07 bits per heavy atom. The average molecular weight is 381 g/mol. The smallest absolute Gasteiger partial charge is 0.255 e. The molecule has 28 heavy (non-hydrogen) atoms. The van der Waals surface area contributed by atoms with E-state index in [1.807, 2.05) is 24.3 Å². The number of nitrogens with one attached hydrogen (secondary N) is 2. The SMILES string of the molecule is COc1ccccc1C(=O)NCC(=O)Nc1ccc(N2CCC(C)CC2)cc1. The molecule has 1 heterocycles. The largest absolute Gasteiger partial charge is 0.496 e. The van der Waals surface area contributed by atoms with Crippen LogP contribution in [0.4, 0.5) is 11.4 Å². The van der Waals surface area contributed by atoms with Gasteiger partial charge in [0.05, 0.1) is 19.2 Å². The molecule has 1 aliphatic heterocycles. The minimum absolute atomic E-state index is 0.108. The summed E-state index contributed by atoms with van der Waals surface area (Å²) in [6, 6.07) is 14.8. The monoisotopic (exact) mass is 381 g/mol. The summed E-state index contributed by atoms with van der Waals surface area (Å²) < 4.78 is 5.17. The summed E-state index contributed by atoms with van der Waals surface area (Å²) in [5, 5.41) is 5.43. The maximum atomic E-state index is 12.2. The van der Waals surface area contributed by atoms with Crippen LogP contribution in [-0.2, 0) is 4.79 Å². The van der Waals surface area contributed by atoms with Gasteiger partial charge in [-0.1, -0.05) is 19.1 Å². The number of piperidine rings is 1. The van der Waals surface area contributed by atoms with Crippen LogP contribution in [0.3, 0.4) is 0 Å². The highest BCUT2D eigenvalue weighted by atomic mass is 16.5. The quantitative estimate of drug-likeness (QED) is 0.805. The number of hydrogen-bond acceptors (Lipinski definition) is 4. The fraction of sp³-hybridized carbons (Fsp3) is 0.364. The van der Waals surface area contributed by atoms with Crippen LogP contribution >= 0.6 is 0 Å². The van der Waals surface area contributed by atoms with E-state index in [4.69, 9.17) is 4.74 Å². The molecule has 0 atom stereocenters. The topological polar surface area (TPSA) is 70.7 Å². The van der Waals surface area contributed by atoms with Gasteiger partial charge in [-0.05, 0) is 55.2 Å². The van der Waals surface area contributed by atoms with Crippen molar-refractivity contribution in [1.29, 1.82) is 0 Å². The lowest BCUT2D eigenvalue weighted by atomic mass is 9.99. The van der Waals surface area contributed by atoms with E-state index < -0.39 is 0 Å². The van der Waals surface area contributed by atoms with Gasteiger partial charge in [-0.2, -0.15) is 0 Å². The number of ether oxygens (including phenoxy) is 1. The van der Waals surface area contributed by atoms with Gasteiger partial charge in [-0.3, -0.25) is 9.59 Å². The van der Waals surface area contributed by atoms with Crippen LogP contribution in [0.5, 0.6) is 5.75 Å². The van der Waals surface area contributed by atoms with E-state index in [1.165, 1.54) is 25.6 Å². The summed E-state index contributed by atoms with van der Waals surface area (Å²) in [5.74, 6) is 0.647. The van der Waals surface area contributed by atoms with Crippen molar-refractivity contribution in [2.75, 3.05) is 37.0 Å². The van der Waals surface area contributed by atoms with Gasteiger partial charge in [0, 0.05) is 24.5 Å².